The van der Waals surface area contributed by atoms with Crippen molar-refractivity contribution in [3.05, 3.63) is 77.1 Å². The molecule has 1 aliphatic rings. The van der Waals surface area contributed by atoms with Crippen LogP contribution >= 0.6 is 0 Å². The molecule has 1 atom stereocenters. The van der Waals surface area contributed by atoms with Crippen LogP contribution in [-0.4, -0.2) is 30.6 Å². The lowest BCUT2D eigenvalue weighted by atomic mass is 9.91. The second-order valence-electron chi connectivity index (χ2n) is 7.72. The topological polar surface area (TPSA) is 111 Å². The van der Waals surface area contributed by atoms with Gasteiger partial charge in [-0.05, 0) is 48.9 Å². The van der Waals surface area contributed by atoms with Crippen molar-refractivity contribution < 1.29 is 37.0 Å². The van der Waals surface area contributed by atoms with Gasteiger partial charge in [-0.2, -0.15) is 18.4 Å². The Bertz CT molecular complexity index is 1330. The van der Waals surface area contributed by atoms with Gasteiger partial charge in [0.05, 0.1) is 37.1 Å². The number of benzene rings is 2. The standard InChI is InChI=1S/C25H18F3N3O5/c1-34-24(33)18-8-9-35-21-11-20(15(12-29)10-19(18)21)36-17-5-2-14(3-6-17)23(32)31-16-4-7-22(30-13-16)25(26,27)28/h2-7,10-11,13,18H,8-9H2,1H3,(H,31,32). The summed E-state index contributed by atoms with van der Waals surface area (Å²) in [5.41, 5.74) is -0.0116. The first-order valence-corrected chi connectivity index (χ1v) is 10.6. The Labute approximate surface area is 203 Å². The Balaban J connectivity index is 1.48. The molecule has 1 aliphatic heterocycles. The zero-order chi connectivity index (χ0) is 25.9. The smallest absolute Gasteiger partial charge is 0.433 e. The van der Waals surface area contributed by atoms with Crippen molar-refractivity contribution in [1.82, 2.24) is 4.98 Å². The average molecular weight is 497 g/mol. The number of amides is 1. The number of hydrogen-bond donors (Lipinski definition) is 1. The Kier molecular flexibility index (Phi) is 6.78. The van der Waals surface area contributed by atoms with Crippen molar-refractivity contribution >= 4 is 17.6 Å². The van der Waals surface area contributed by atoms with E-state index < -0.39 is 29.7 Å². The van der Waals surface area contributed by atoms with Crippen LogP contribution in [0.5, 0.6) is 17.2 Å². The Morgan fingerprint density at radius 1 is 1.17 bits per heavy atom. The third kappa shape index (κ3) is 5.22. The monoisotopic (exact) mass is 497 g/mol. The van der Waals surface area contributed by atoms with Crippen molar-refractivity contribution in [2.24, 2.45) is 0 Å². The highest BCUT2D eigenvalue weighted by Crippen LogP contribution is 2.40. The van der Waals surface area contributed by atoms with E-state index in [-0.39, 0.29) is 22.6 Å². The van der Waals surface area contributed by atoms with Crippen LogP contribution in [0.4, 0.5) is 18.9 Å². The molecular formula is C25H18F3N3O5. The van der Waals surface area contributed by atoms with E-state index in [1.165, 1.54) is 43.5 Å². The molecule has 4 rings (SSSR count). The molecule has 36 heavy (non-hydrogen) atoms. The molecule has 0 bridgehead atoms. The van der Waals surface area contributed by atoms with E-state index in [2.05, 4.69) is 10.3 Å². The van der Waals surface area contributed by atoms with Crippen molar-refractivity contribution in [3.63, 3.8) is 0 Å². The van der Waals surface area contributed by atoms with Gasteiger partial charge >= 0.3 is 12.1 Å². The van der Waals surface area contributed by atoms with Gasteiger partial charge in [0.2, 0.25) is 0 Å². The maximum Gasteiger partial charge on any atom is 0.433 e. The third-order valence-electron chi connectivity index (χ3n) is 5.41. The number of carbonyl (C=O) groups excluding carboxylic acids is 2. The summed E-state index contributed by atoms with van der Waals surface area (Å²) in [6, 6.07) is 12.9. The van der Waals surface area contributed by atoms with Gasteiger partial charge in [0.25, 0.3) is 5.91 Å². The summed E-state index contributed by atoms with van der Waals surface area (Å²) in [7, 11) is 1.30. The zero-order valence-electron chi connectivity index (χ0n) is 18.8. The largest absolute Gasteiger partial charge is 0.493 e. The van der Waals surface area contributed by atoms with Crippen LogP contribution in [0.3, 0.4) is 0 Å². The van der Waals surface area contributed by atoms with Crippen LogP contribution in [0.25, 0.3) is 0 Å². The number of halogens is 3. The summed E-state index contributed by atoms with van der Waals surface area (Å²) in [5, 5.41) is 12.1. The van der Waals surface area contributed by atoms with E-state index in [4.69, 9.17) is 14.2 Å². The number of alkyl halides is 3. The molecule has 1 N–H and O–H groups in total. The molecule has 0 aliphatic carbocycles. The fourth-order valence-corrected chi connectivity index (χ4v) is 3.62. The summed E-state index contributed by atoms with van der Waals surface area (Å²) in [6.45, 7) is 0.302. The Morgan fingerprint density at radius 3 is 2.53 bits per heavy atom. The molecule has 1 aromatic heterocycles. The minimum Gasteiger partial charge on any atom is -0.493 e. The first-order chi connectivity index (χ1) is 17.2. The molecule has 0 fully saturated rings. The van der Waals surface area contributed by atoms with Gasteiger partial charge in [0.1, 0.15) is 29.0 Å². The highest BCUT2D eigenvalue weighted by molar-refractivity contribution is 6.04. The number of fused-ring (bicyclic) bond motifs is 1. The Hall–Kier alpha value is -4.59. The van der Waals surface area contributed by atoms with Crippen molar-refractivity contribution in [2.75, 3.05) is 19.0 Å². The molecule has 2 aromatic carbocycles. The number of nitrogens with zero attached hydrogens (tertiary/aromatic N) is 2. The minimum atomic E-state index is -4.57. The lowest BCUT2D eigenvalue weighted by molar-refractivity contribution is -0.143. The van der Waals surface area contributed by atoms with Gasteiger partial charge < -0.3 is 19.5 Å². The van der Waals surface area contributed by atoms with E-state index in [0.717, 1.165) is 18.3 Å². The van der Waals surface area contributed by atoms with Crippen LogP contribution in [0, 0.1) is 11.3 Å². The Morgan fingerprint density at radius 2 is 1.92 bits per heavy atom. The normalized spacial score (nSPS) is 14.6. The number of methoxy groups -OCH3 is 1. The van der Waals surface area contributed by atoms with Gasteiger partial charge in [-0.3, -0.25) is 9.59 Å². The van der Waals surface area contributed by atoms with Crippen LogP contribution in [0.15, 0.2) is 54.7 Å². The number of hydrogen-bond acceptors (Lipinski definition) is 7. The molecule has 184 valence electrons. The van der Waals surface area contributed by atoms with Crippen molar-refractivity contribution in [2.45, 2.75) is 18.5 Å². The van der Waals surface area contributed by atoms with Gasteiger partial charge in [-0.25, -0.2) is 4.98 Å². The molecule has 0 spiro atoms. The van der Waals surface area contributed by atoms with E-state index >= 15 is 0 Å². The predicted molar refractivity (Wildman–Crippen MR) is 120 cm³/mol. The predicted octanol–water partition coefficient (Wildman–Crippen LogP) is 5.06. The van der Waals surface area contributed by atoms with Crippen LogP contribution < -0.4 is 14.8 Å². The number of anilines is 1. The summed E-state index contributed by atoms with van der Waals surface area (Å²) in [6.07, 6.45) is -3.22. The lowest BCUT2D eigenvalue weighted by Gasteiger charge is -2.25. The highest BCUT2D eigenvalue weighted by atomic mass is 19.4. The highest BCUT2D eigenvalue weighted by Gasteiger charge is 2.32. The third-order valence-corrected chi connectivity index (χ3v) is 5.41. The minimum absolute atomic E-state index is 0.103. The molecule has 0 saturated heterocycles. The van der Waals surface area contributed by atoms with E-state index in [9.17, 15) is 28.0 Å². The molecule has 0 radical (unpaired) electrons. The van der Waals surface area contributed by atoms with Crippen LogP contribution in [0.2, 0.25) is 0 Å². The molecule has 1 unspecified atom stereocenters. The van der Waals surface area contributed by atoms with Gasteiger partial charge in [0, 0.05) is 17.2 Å². The number of esters is 1. The summed E-state index contributed by atoms with van der Waals surface area (Å²) in [4.78, 5) is 27.8. The lowest BCUT2D eigenvalue weighted by Crippen LogP contribution is -2.22. The fraction of sp³-hybridized carbons (Fsp3) is 0.200. The number of ether oxygens (including phenoxy) is 3. The number of nitriles is 1. The van der Waals surface area contributed by atoms with Gasteiger partial charge in [0.15, 0.2) is 0 Å². The van der Waals surface area contributed by atoms with E-state index in [0.29, 0.717) is 30.1 Å². The second kappa shape index (κ2) is 9.95. The SMILES string of the molecule is COC(=O)C1CCOc2cc(Oc3ccc(C(=O)Nc4ccc(C(F)(F)F)nc4)cc3)c(C#N)cc21. The molecule has 2 heterocycles. The van der Waals surface area contributed by atoms with Crippen LogP contribution in [-0.2, 0) is 15.7 Å². The molecule has 3 aromatic rings. The number of nitrogens with one attached hydrogen (secondary N) is 1. The van der Waals surface area contributed by atoms with E-state index in [1.807, 2.05) is 6.07 Å². The van der Waals surface area contributed by atoms with E-state index in [1.54, 1.807) is 0 Å². The molecule has 0 saturated carbocycles. The van der Waals surface area contributed by atoms with Gasteiger partial charge in [-0.1, -0.05) is 0 Å². The number of aromatic nitrogens is 1. The quantitative estimate of drug-likeness (QED) is 0.491. The molecule has 1 amide bonds. The first kappa shape index (κ1) is 24.5. The number of pyridine rings is 1. The first-order valence-electron chi connectivity index (χ1n) is 10.6. The summed E-state index contributed by atoms with van der Waals surface area (Å²) < 4.78 is 54.2. The molecule has 11 heteroatoms. The summed E-state index contributed by atoms with van der Waals surface area (Å²) in [5.74, 6) is -0.589. The molecular weight excluding hydrogens is 479 g/mol. The fourth-order valence-electron chi connectivity index (χ4n) is 3.62. The number of rotatable bonds is 5. The van der Waals surface area contributed by atoms with Crippen molar-refractivity contribution in [1.29, 1.82) is 5.26 Å². The van der Waals surface area contributed by atoms with Gasteiger partial charge in [-0.15, -0.1) is 0 Å². The molecule has 8 nitrogen and oxygen atoms in total. The second-order valence-corrected chi connectivity index (χ2v) is 7.72. The number of carbonyl (C=O) groups is 2. The summed E-state index contributed by atoms with van der Waals surface area (Å²) >= 11 is 0. The zero-order valence-corrected chi connectivity index (χ0v) is 18.8. The van der Waals surface area contributed by atoms with Crippen molar-refractivity contribution in [3.8, 4) is 23.3 Å². The van der Waals surface area contributed by atoms with Crippen LogP contribution in [0.1, 0.15) is 39.5 Å². The maximum atomic E-state index is 12.6. The maximum absolute atomic E-state index is 12.6. The average Bonchev–Trinajstić information content (AvgIpc) is 2.87.